The number of aryl methyl sites for hydroxylation is 1. The van der Waals surface area contributed by atoms with Crippen molar-refractivity contribution >= 4 is 22.4 Å². The molecule has 0 saturated heterocycles. The average molecular weight is 304 g/mol. The van der Waals surface area contributed by atoms with Gasteiger partial charge in [-0.25, -0.2) is 4.98 Å². The quantitative estimate of drug-likeness (QED) is 0.904. The van der Waals surface area contributed by atoms with Crippen LogP contribution in [0.4, 0.5) is 5.13 Å². The predicted molar refractivity (Wildman–Crippen MR) is 86.9 cm³/mol. The summed E-state index contributed by atoms with van der Waals surface area (Å²) < 4.78 is 5.16. The van der Waals surface area contributed by atoms with Crippen LogP contribution in [0.1, 0.15) is 25.1 Å². The Morgan fingerprint density at radius 3 is 2.57 bits per heavy atom. The summed E-state index contributed by atoms with van der Waals surface area (Å²) >= 11 is 1.50. The summed E-state index contributed by atoms with van der Waals surface area (Å²) in [4.78, 5) is 17.4. The Labute approximate surface area is 129 Å². The Kier molecular flexibility index (Phi) is 4.96. The summed E-state index contributed by atoms with van der Waals surface area (Å²) in [5.74, 6) is 1.17. The Hall–Kier alpha value is -1.88. The van der Waals surface area contributed by atoms with E-state index >= 15 is 0 Å². The second kappa shape index (κ2) is 6.72. The predicted octanol–water partition coefficient (Wildman–Crippen LogP) is 4.11. The van der Waals surface area contributed by atoms with Crippen molar-refractivity contribution in [1.29, 1.82) is 0 Å². The van der Waals surface area contributed by atoms with E-state index < -0.39 is 0 Å². The van der Waals surface area contributed by atoms with Gasteiger partial charge in [0.1, 0.15) is 5.75 Å². The highest BCUT2D eigenvalue weighted by atomic mass is 32.1. The lowest BCUT2D eigenvalue weighted by Crippen LogP contribution is -2.13. The third-order valence-corrected chi connectivity index (χ3v) is 3.89. The van der Waals surface area contributed by atoms with Crippen LogP contribution in [-0.2, 0) is 4.79 Å². The average Bonchev–Trinajstić information content (AvgIpc) is 2.78. The fraction of sp³-hybridized carbons (Fsp3) is 0.375. The van der Waals surface area contributed by atoms with Gasteiger partial charge in [-0.05, 0) is 37.1 Å². The molecular weight excluding hydrogens is 284 g/mol. The van der Waals surface area contributed by atoms with Crippen molar-refractivity contribution in [3.63, 3.8) is 0 Å². The molecular formula is C16H20N2O2S. The zero-order valence-electron chi connectivity index (χ0n) is 12.8. The molecule has 0 aliphatic heterocycles. The van der Waals surface area contributed by atoms with Crippen LogP contribution in [0.2, 0.25) is 0 Å². The topological polar surface area (TPSA) is 51.2 Å². The summed E-state index contributed by atoms with van der Waals surface area (Å²) in [6.07, 6.45) is 0.510. The normalized spacial score (nSPS) is 10.7. The maximum absolute atomic E-state index is 11.8. The zero-order chi connectivity index (χ0) is 15.4. The molecule has 0 fully saturated rings. The highest BCUT2D eigenvalue weighted by molar-refractivity contribution is 7.16. The first-order valence-electron chi connectivity index (χ1n) is 6.91. The van der Waals surface area contributed by atoms with Gasteiger partial charge >= 0.3 is 0 Å². The van der Waals surface area contributed by atoms with Gasteiger partial charge in [0.2, 0.25) is 5.91 Å². The molecule has 2 rings (SSSR count). The molecule has 0 atom stereocenters. The summed E-state index contributed by atoms with van der Waals surface area (Å²) in [6, 6.07) is 7.76. The number of ether oxygens (including phenoxy) is 1. The monoisotopic (exact) mass is 304 g/mol. The van der Waals surface area contributed by atoms with Crippen LogP contribution >= 0.6 is 11.3 Å². The minimum Gasteiger partial charge on any atom is -0.497 e. The zero-order valence-corrected chi connectivity index (χ0v) is 13.6. The first kappa shape index (κ1) is 15.5. The first-order valence-corrected chi connectivity index (χ1v) is 7.73. The molecule has 1 heterocycles. The number of nitrogens with one attached hydrogen (secondary N) is 1. The van der Waals surface area contributed by atoms with Crippen molar-refractivity contribution in [2.45, 2.75) is 27.2 Å². The molecule has 1 N–H and O–H groups in total. The molecule has 0 unspecified atom stereocenters. The molecule has 0 radical (unpaired) electrons. The number of nitrogens with zero attached hydrogens (tertiary/aromatic N) is 1. The molecule has 5 heteroatoms. The van der Waals surface area contributed by atoms with Crippen LogP contribution in [0, 0.1) is 12.8 Å². The van der Waals surface area contributed by atoms with Gasteiger partial charge in [-0.3, -0.25) is 4.79 Å². The number of anilines is 1. The van der Waals surface area contributed by atoms with E-state index in [2.05, 4.69) is 10.3 Å². The standard InChI is InChI=1S/C16H20N2O2S/c1-10(2)9-14(19)17-16-18-15(11(3)21-16)12-5-7-13(20-4)8-6-12/h5-8,10H,9H2,1-4H3,(H,17,18,19). The number of methoxy groups -OCH3 is 1. The van der Waals surface area contributed by atoms with Crippen molar-refractivity contribution in [3.05, 3.63) is 29.1 Å². The fourth-order valence-corrected chi connectivity index (χ4v) is 2.86. The Bertz CT molecular complexity index is 618. The smallest absolute Gasteiger partial charge is 0.226 e. The number of thiazole rings is 1. The fourth-order valence-electron chi connectivity index (χ4n) is 2.01. The van der Waals surface area contributed by atoms with Crippen LogP contribution in [0.5, 0.6) is 5.75 Å². The minimum atomic E-state index is 0.0139. The van der Waals surface area contributed by atoms with Crippen molar-refractivity contribution in [2.24, 2.45) is 5.92 Å². The molecule has 1 amide bonds. The van der Waals surface area contributed by atoms with Crippen molar-refractivity contribution < 1.29 is 9.53 Å². The molecule has 4 nitrogen and oxygen atoms in total. The minimum absolute atomic E-state index is 0.0139. The molecule has 1 aromatic heterocycles. The number of aromatic nitrogens is 1. The van der Waals surface area contributed by atoms with Crippen LogP contribution in [-0.4, -0.2) is 18.0 Å². The van der Waals surface area contributed by atoms with Crippen LogP contribution in [0.3, 0.4) is 0 Å². The van der Waals surface area contributed by atoms with E-state index in [-0.39, 0.29) is 5.91 Å². The lowest BCUT2D eigenvalue weighted by atomic mass is 10.1. The number of carbonyl (C=O) groups is 1. The van der Waals surface area contributed by atoms with E-state index in [9.17, 15) is 4.79 Å². The summed E-state index contributed by atoms with van der Waals surface area (Å²) in [7, 11) is 1.64. The summed E-state index contributed by atoms with van der Waals surface area (Å²) in [5, 5.41) is 3.53. The van der Waals surface area contributed by atoms with E-state index in [1.807, 2.05) is 45.0 Å². The molecule has 0 aliphatic carbocycles. The van der Waals surface area contributed by atoms with Gasteiger partial charge in [-0.1, -0.05) is 13.8 Å². The number of hydrogen-bond acceptors (Lipinski definition) is 4. The van der Waals surface area contributed by atoms with Gasteiger partial charge in [0.05, 0.1) is 12.8 Å². The maximum atomic E-state index is 11.8. The van der Waals surface area contributed by atoms with Gasteiger partial charge in [-0.15, -0.1) is 11.3 Å². The van der Waals surface area contributed by atoms with Gasteiger partial charge in [0, 0.05) is 16.9 Å². The van der Waals surface area contributed by atoms with Crippen LogP contribution in [0.25, 0.3) is 11.3 Å². The van der Waals surface area contributed by atoms with E-state index in [0.717, 1.165) is 21.9 Å². The van der Waals surface area contributed by atoms with E-state index in [0.29, 0.717) is 17.5 Å². The number of benzene rings is 1. The number of rotatable bonds is 5. The Morgan fingerprint density at radius 2 is 2.00 bits per heavy atom. The molecule has 1 aromatic carbocycles. The second-order valence-corrected chi connectivity index (χ2v) is 6.50. The molecule has 0 bridgehead atoms. The number of amides is 1. The van der Waals surface area contributed by atoms with E-state index in [4.69, 9.17) is 4.74 Å². The van der Waals surface area contributed by atoms with Gasteiger partial charge in [0.25, 0.3) is 0 Å². The number of carbonyl (C=O) groups excluding carboxylic acids is 1. The largest absolute Gasteiger partial charge is 0.497 e. The second-order valence-electron chi connectivity index (χ2n) is 5.30. The first-order chi connectivity index (χ1) is 9.99. The summed E-state index contributed by atoms with van der Waals surface area (Å²) in [6.45, 7) is 6.06. The molecule has 21 heavy (non-hydrogen) atoms. The Balaban J connectivity index is 2.16. The highest BCUT2D eigenvalue weighted by Crippen LogP contribution is 2.31. The highest BCUT2D eigenvalue weighted by Gasteiger charge is 2.12. The Morgan fingerprint density at radius 1 is 1.33 bits per heavy atom. The van der Waals surface area contributed by atoms with Crippen LogP contribution < -0.4 is 10.1 Å². The van der Waals surface area contributed by atoms with Crippen molar-refractivity contribution in [3.8, 4) is 17.0 Å². The summed E-state index contributed by atoms with van der Waals surface area (Å²) in [5.41, 5.74) is 1.93. The SMILES string of the molecule is COc1ccc(-c2nc(NC(=O)CC(C)C)sc2C)cc1. The van der Waals surface area contributed by atoms with Gasteiger partial charge in [-0.2, -0.15) is 0 Å². The van der Waals surface area contributed by atoms with E-state index in [1.54, 1.807) is 7.11 Å². The van der Waals surface area contributed by atoms with Crippen molar-refractivity contribution in [2.75, 3.05) is 12.4 Å². The van der Waals surface area contributed by atoms with Crippen molar-refractivity contribution in [1.82, 2.24) is 4.98 Å². The van der Waals surface area contributed by atoms with E-state index in [1.165, 1.54) is 11.3 Å². The molecule has 0 saturated carbocycles. The van der Waals surface area contributed by atoms with Crippen LogP contribution in [0.15, 0.2) is 24.3 Å². The lowest BCUT2D eigenvalue weighted by molar-refractivity contribution is -0.116. The van der Waals surface area contributed by atoms with Gasteiger partial charge < -0.3 is 10.1 Å². The number of hydrogen-bond donors (Lipinski definition) is 1. The van der Waals surface area contributed by atoms with Gasteiger partial charge in [0.15, 0.2) is 5.13 Å². The molecule has 0 aliphatic rings. The lowest BCUT2D eigenvalue weighted by Gasteiger charge is -2.03. The molecule has 2 aromatic rings. The molecule has 0 spiro atoms. The molecule has 112 valence electrons. The third-order valence-electron chi connectivity index (χ3n) is 3.00. The maximum Gasteiger partial charge on any atom is 0.226 e. The third kappa shape index (κ3) is 4.04.